The lowest BCUT2D eigenvalue weighted by atomic mass is 9.77. The standard InChI is InChI=1S/C22H20Br2N2O/c1-14(27)26-22(16-7-11-19(24)12-8-16)20-4-2-3-17(21(20)25-26)13-15-5-9-18(23)10-6-15/h5-13,20,22H,2-4H2,1H3/b17-13+/t20-,22+/m0/s1. The van der Waals surface area contributed by atoms with Crippen LogP contribution in [0.3, 0.4) is 0 Å². The van der Waals surface area contributed by atoms with E-state index in [9.17, 15) is 4.79 Å². The minimum Gasteiger partial charge on any atom is -0.273 e. The quantitative estimate of drug-likeness (QED) is 0.485. The van der Waals surface area contributed by atoms with Gasteiger partial charge in [0.1, 0.15) is 0 Å². The summed E-state index contributed by atoms with van der Waals surface area (Å²) in [6.07, 6.45) is 5.40. The Morgan fingerprint density at radius 2 is 1.70 bits per heavy atom. The van der Waals surface area contributed by atoms with Gasteiger partial charge in [-0.05, 0) is 66.3 Å². The van der Waals surface area contributed by atoms with Gasteiger partial charge in [-0.3, -0.25) is 4.79 Å². The summed E-state index contributed by atoms with van der Waals surface area (Å²) in [7, 11) is 0. The molecule has 1 amide bonds. The minimum absolute atomic E-state index is 0.00666. The van der Waals surface area contributed by atoms with Gasteiger partial charge >= 0.3 is 0 Å². The molecule has 1 saturated carbocycles. The molecule has 5 heteroatoms. The third-order valence-electron chi connectivity index (χ3n) is 5.25. The van der Waals surface area contributed by atoms with Crippen molar-refractivity contribution < 1.29 is 4.79 Å². The summed E-state index contributed by atoms with van der Waals surface area (Å²) in [6, 6.07) is 16.5. The third-order valence-corrected chi connectivity index (χ3v) is 6.30. The van der Waals surface area contributed by atoms with Crippen LogP contribution in [0.4, 0.5) is 0 Å². The van der Waals surface area contributed by atoms with E-state index in [4.69, 9.17) is 5.10 Å². The molecule has 138 valence electrons. The predicted molar refractivity (Wildman–Crippen MR) is 116 cm³/mol. The van der Waals surface area contributed by atoms with E-state index < -0.39 is 0 Å². The van der Waals surface area contributed by atoms with Crippen LogP contribution in [0.5, 0.6) is 0 Å². The van der Waals surface area contributed by atoms with Crippen molar-refractivity contribution in [3.63, 3.8) is 0 Å². The lowest BCUT2D eigenvalue weighted by Crippen LogP contribution is -2.30. The number of hydrazone groups is 1. The number of carbonyl (C=O) groups is 1. The lowest BCUT2D eigenvalue weighted by molar-refractivity contribution is -0.131. The van der Waals surface area contributed by atoms with Crippen LogP contribution in [0.1, 0.15) is 43.4 Å². The molecule has 2 aromatic carbocycles. The molecule has 0 bridgehead atoms. The Morgan fingerprint density at radius 3 is 2.33 bits per heavy atom. The maximum absolute atomic E-state index is 12.3. The van der Waals surface area contributed by atoms with Gasteiger partial charge in [0, 0.05) is 21.8 Å². The zero-order valence-electron chi connectivity index (χ0n) is 15.0. The third kappa shape index (κ3) is 3.81. The highest BCUT2D eigenvalue weighted by molar-refractivity contribution is 9.10. The normalized spacial score (nSPS) is 23.3. The van der Waals surface area contributed by atoms with Crippen molar-refractivity contribution in [3.8, 4) is 0 Å². The molecule has 0 radical (unpaired) electrons. The average molecular weight is 488 g/mol. The fourth-order valence-electron chi connectivity index (χ4n) is 4.02. The molecule has 0 saturated heterocycles. The van der Waals surface area contributed by atoms with E-state index in [-0.39, 0.29) is 17.9 Å². The van der Waals surface area contributed by atoms with E-state index in [0.717, 1.165) is 45.0 Å². The van der Waals surface area contributed by atoms with Crippen LogP contribution in [0.15, 0.2) is 68.2 Å². The molecule has 0 unspecified atom stereocenters. The average Bonchev–Trinajstić information content (AvgIpc) is 3.05. The van der Waals surface area contributed by atoms with Gasteiger partial charge in [0.05, 0.1) is 11.8 Å². The summed E-state index contributed by atoms with van der Waals surface area (Å²) in [4.78, 5) is 12.3. The lowest BCUT2D eigenvalue weighted by Gasteiger charge is -2.29. The number of halogens is 2. The predicted octanol–water partition coefficient (Wildman–Crippen LogP) is 6.35. The fraction of sp³-hybridized carbons (Fsp3) is 0.273. The fourth-order valence-corrected chi connectivity index (χ4v) is 4.54. The van der Waals surface area contributed by atoms with E-state index >= 15 is 0 Å². The zero-order valence-corrected chi connectivity index (χ0v) is 18.2. The number of amides is 1. The molecule has 2 atom stereocenters. The van der Waals surface area contributed by atoms with Crippen LogP contribution in [0, 0.1) is 5.92 Å². The summed E-state index contributed by atoms with van der Waals surface area (Å²) in [5, 5.41) is 6.48. The van der Waals surface area contributed by atoms with Gasteiger partial charge in [0.25, 0.3) is 0 Å². The number of fused-ring (bicyclic) bond motifs is 1. The highest BCUT2D eigenvalue weighted by atomic mass is 79.9. The van der Waals surface area contributed by atoms with Crippen molar-refractivity contribution in [1.29, 1.82) is 0 Å². The topological polar surface area (TPSA) is 32.7 Å². The van der Waals surface area contributed by atoms with Crippen molar-refractivity contribution in [2.24, 2.45) is 11.0 Å². The van der Waals surface area contributed by atoms with Crippen LogP contribution in [0.25, 0.3) is 6.08 Å². The Labute approximate surface area is 176 Å². The first kappa shape index (κ1) is 18.6. The first-order chi connectivity index (χ1) is 13.0. The summed E-state index contributed by atoms with van der Waals surface area (Å²) >= 11 is 6.98. The largest absolute Gasteiger partial charge is 0.273 e. The Balaban J connectivity index is 1.72. The molecule has 0 aromatic heterocycles. The van der Waals surface area contributed by atoms with E-state index in [0.29, 0.717) is 0 Å². The summed E-state index contributed by atoms with van der Waals surface area (Å²) in [6.45, 7) is 1.60. The number of hydrogen-bond donors (Lipinski definition) is 0. The maximum Gasteiger partial charge on any atom is 0.240 e. The molecule has 1 fully saturated rings. The monoisotopic (exact) mass is 486 g/mol. The molecule has 0 spiro atoms. The summed E-state index contributed by atoms with van der Waals surface area (Å²) in [5.74, 6) is 0.248. The molecule has 1 aliphatic carbocycles. The van der Waals surface area contributed by atoms with Gasteiger partial charge in [-0.2, -0.15) is 5.10 Å². The van der Waals surface area contributed by atoms with E-state index in [1.165, 1.54) is 5.57 Å². The second-order valence-corrected chi connectivity index (χ2v) is 8.90. The Hall–Kier alpha value is -1.72. The van der Waals surface area contributed by atoms with Crippen molar-refractivity contribution in [2.75, 3.05) is 0 Å². The molecule has 4 rings (SSSR count). The van der Waals surface area contributed by atoms with Gasteiger partial charge in [-0.15, -0.1) is 0 Å². The number of hydrogen-bond acceptors (Lipinski definition) is 2. The maximum atomic E-state index is 12.3. The number of rotatable bonds is 2. The number of allylic oxidation sites excluding steroid dienone is 1. The van der Waals surface area contributed by atoms with Crippen LogP contribution in [-0.2, 0) is 4.79 Å². The van der Waals surface area contributed by atoms with Crippen LogP contribution in [0.2, 0.25) is 0 Å². The number of benzene rings is 2. The molecule has 27 heavy (non-hydrogen) atoms. The molecule has 2 aliphatic rings. The van der Waals surface area contributed by atoms with Crippen LogP contribution in [-0.4, -0.2) is 16.6 Å². The summed E-state index contributed by atoms with van der Waals surface area (Å²) < 4.78 is 2.11. The van der Waals surface area contributed by atoms with Gasteiger partial charge in [0.15, 0.2) is 0 Å². The minimum atomic E-state index is -0.0146. The molecule has 0 N–H and O–H groups in total. The zero-order chi connectivity index (χ0) is 19.0. The van der Waals surface area contributed by atoms with E-state index in [1.54, 1.807) is 11.9 Å². The van der Waals surface area contributed by atoms with Gasteiger partial charge in [-0.1, -0.05) is 56.1 Å². The molecule has 1 heterocycles. The Bertz CT molecular complexity index is 916. The second-order valence-electron chi connectivity index (χ2n) is 7.07. The highest BCUT2D eigenvalue weighted by Crippen LogP contribution is 2.44. The molecular weight excluding hydrogens is 468 g/mol. The van der Waals surface area contributed by atoms with Crippen LogP contribution >= 0.6 is 31.9 Å². The van der Waals surface area contributed by atoms with Gasteiger partial charge < -0.3 is 0 Å². The van der Waals surface area contributed by atoms with Crippen LogP contribution < -0.4 is 0 Å². The first-order valence-electron chi connectivity index (χ1n) is 9.13. The smallest absolute Gasteiger partial charge is 0.240 e. The molecule has 1 aliphatic heterocycles. The van der Waals surface area contributed by atoms with Crippen molar-refractivity contribution in [1.82, 2.24) is 5.01 Å². The van der Waals surface area contributed by atoms with Gasteiger partial charge in [-0.25, -0.2) is 5.01 Å². The SMILES string of the molecule is CC(=O)N1N=C2/C(=C/c3ccc(Br)cc3)CCC[C@@H]2[C@H]1c1ccc(Br)cc1. The van der Waals surface area contributed by atoms with Crippen molar-refractivity contribution >= 4 is 49.6 Å². The highest BCUT2D eigenvalue weighted by Gasteiger charge is 2.42. The first-order valence-corrected chi connectivity index (χ1v) is 10.7. The molecule has 3 nitrogen and oxygen atoms in total. The van der Waals surface area contributed by atoms with Crippen molar-refractivity contribution in [2.45, 2.75) is 32.2 Å². The molecule has 2 aromatic rings. The van der Waals surface area contributed by atoms with E-state index in [2.05, 4.69) is 74.3 Å². The molecular formula is C22H20Br2N2O. The van der Waals surface area contributed by atoms with Crippen molar-refractivity contribution in [3.05, 3.63) is 74.2 Å². The van der Waals surface area contributed by atoms with Gasteiger partial charge in [0.2, 0.25) is 5.91 Å². The number of nitrogens with zero attached hydrogens (tertiary/aromatic N) is 2. The number of carbonyl (C=O) groups excluding carboxylic acids is 1. The second kappa shape index (κ2) is 7.72. The summed E-state index contributed by atoms with van der Waals surface area (Å²) in [5.41, 5.74) is 4.63. The van der Waals surface area contributed by atoms with E-state index in [1.807, 2.05) is 12.1 Å². The Kier molecular flexibility index (Phi) is 5.33. The Morgan fingerprint density at radius 1 is 1.07 bits per heavy atom.